The number of amides is 2. The fourth-order valence-electron chi connectivity index (χ4n) is 3.11. The zero-order chi connectivity index (χ0) is 18.7. The molecule has 2 aromatic rings. The van der Waals surface area contributed by atoms with Gasteiger partial charge in [0.25, 0.3) is 5.91 Å². The summed E-state index contributed by atoms with van der Waals surface area (Å²) in [7, 11) is 3.26. The van der Waals surface area contributed by atoms with E-state index in [1.807, 2.05) is 7.05 Å². The fourth-order valence-corrected chi connectivity index (χ4v) is 3.11. The monoisotopic (exact) mass is 362 g/mol. The van der Waals surface area contributed by atoms with Crippen LogP contribution in [0.5, 0.6) is 0 Å². The molecule has 26 heavy (non-hydrogen) atoms. The highest BCUT2D eigenvalue weighted by Crippen LogP contribution is 2.28. The molecule has 0 unspecified atom stereocenters. The maximum atomic E-state index is 12.7. The molecular formula is C16H22N6O4. The molecule has 1 saturated heterocycles. The normalized spacial score (nSPS) is 20.2. The Balaban J connectivity index is 1.77. The number of rotatable bonds is 5. The van der Waals surface area contributed by atoms with Gasteiger partial charge in [-0.25, -0.2) is 4.98 Å². The van der Waals surface area contributed by atoms with Crippen molar-refractivity contribution in [2.45, 2.75) is 25.3 Å². The minimum absolute atomic E-state index is 0.0553. The van der Waals surface area contributed by atoms with Gasteiger partial charge in [-0.05, 0) is 13.3 Å². The van der Waals surface area contributed by atoms with Crippen LogP contribution < -0.4 is 5.32 Å². The van der Waals surface area contributed by atoms with Crippen molar-refractivity contribution in [3.05, 3.63) is 29.9 Å². The molecular weight excluding hydrogens is 340 g/mol. The van der Waals surface area contributed by atoms with E-state index in [-0.39, 0.29) is 30.4 Å². The highest BCUT2D eigenvalue weighted by Gasteiger charge is 2.37. The molecule has 0 radical (unpaired) electrons. The number of hydrogen-bond acceptors (Lipinski definition) is 7. The number of imidazole rings is 1. The van der Waals surface area contributed by atoms with Crippen molar-refractivity contribution < 1.29 is 18.8 Å². The molecule has 140 valence electrons. The van der Waals surface area contributed by atoms with Gasteiger partial charge in [-0.2, -0.15) is 4.98 Å². The molecule has 0 spiro atoms. The first-order valence-corrected chi connectivity index (χ1v) is 8.33. The Morgan fingerprint density at radius 3 is 2.88 bits per heavy atom. The smallest absolute Gasteiger partial charge is 0.274 e. The van der Waals surface area contributed by atoms with Crippen LogP contribution in [-0.2, 0) is 16.6 Å². The lowest BCUT2D eigenvalue weighted by Crippen LogP contribution is -2.53. The number of hydrogen-bond donors (Lipinski definition) is 1. The summed E-state index contributed by atoms with van der Waals surface area (Å²) in [5.74, 6) is 0.413. The Labute approximate surface area is 150 Å². The van der Waals surface area contributed by atoms with Crippen molar-refractivity contribution in [3.63, 3.8) is 0 Å². The Hall–Kier alpha value is -2.75. The van der Waals surface area contributed by atoms with Crippen LogP contribution >= 0.6 is 0 Å². The lowest BCUT2D eigenvalue weighted by atomic mass is 9.91. The first-order valence-electron chi connectivity index (χ1n) is 8.33. The van der Waals surface area contributed by atoms with Crippen LogP contribution in [-0.4, -0.2) is 69.3 Å². The standard InChI is InChI=1S/C16H22N6O4/c1-10-18-15(26-20-10)11-4-5-22(7-12(11)19-14(23)8-25-3)16(24)13-6-21(2)9-17-13/h6,9,11-12H,4-5,7-8H2,1-3H3,(H,19,23)/t11-,12+/m0/s1. The molecule has 3 heterocycles. The van der Waals surface area contributed by atoms with Crippen molar-refractivity contribution in [2.75, 3.05) is 26.8 Å². The topological polar surface area (TPSA) is 115 Å². The maximum Gasteiger partial charge on any atom is 0.274 e. The van der Waals surface area contributed by atoms with E-state index in [0.29, 0.717) is 36.9 Å². The third-order valence-corrected chi connectivity index (χ3v) is 4.31. The molecule has 2 amide bonds. The van der Waals surface area contributed by atoms with E-state index in [4.69, 9.17) is 9.26 Å². The number of aromatic nitrogens is 4. The number of piperidine rings is 1. The molecule has 0 aliphatic carbocycles. The number of carbonyl (C=O) groups excluding carboxylic acids is 2. The molecule has 0 saturated carbocycles. The fraction of sp³-hybridized carbons (Fsp3) is 0.562. The average molecular weight is 362 g/mol. The van der Waals surface area contributed by atoms with Crippen molar-refractivity contribution in [1.82, 2.24) is 29.9 Å². The van der Waals surface area contributed by atoms with Crippen LogP contribution in [0.4, 0.5) is 0 Å². The lowest BCUT2D eigenvalue weighted by molar-refractivity contribution is -0.126. The zero-order valence-electron chi connectivity index (χ0n) is 15.0. The Kier molecular flexibility index (Phi) is 5.31. The van der Waals surface area contributed by atoms with Gasteiger partial charge in [-0.1, -0.05) is 5.16 Å². The molecule has 3 rings (SSSR count). The first kappa shape index (κ1) is 18.1. The molecule has 1 aliphatic heterocycles. The molecule has 0 aromatic carbocycles. The van der Waals surface area contributed by atoms with E-state index in [9.17, 15) is 9.59 Å². The number of nitrogens with zero attached hydrogens (tertiary/aromatic N) is 5. The van der Waals surface area contributed by atoms with Gasteiger partial charge in [0.05, 0.1) is 18.3 Å². The molecule has 10 nitrogen and oxygen atoms in total. The van der Waals surface area contributed by atoms with Crippen LogP contribution in [0.25, 0.3) is 0 Å². The summed E-state index contributed by atoms with van der Waals surface area (Å²) >= 11 is 0. The molecule has 2 aromatic heterocycles. The van der Waals surface area contributed by atoms with Crippen molar-refractivity contribution in [2.24, 2.45) is 7.05 Å². The largest absolute Gasteiger partial charge is 0.375 e. The van der Waals surface area contributed by atoms with Gasteiger partial charge in [-0.15, -0.1) is 0 Å². The number of carbonyl (C=O) groups is 2. The van der Waals surface area contributed by atoms with E-state index in [0.717, 1.165) is 0 Å². The van der Waals surface area contributed by atoms with Gasteiger partial charge in [0.15, 0.2) is 5.82 Å². The van der Waals surface area contributed by atoms with E-state index in [1.165, 1.54) is 7.11 Å². The van der Waals surface area contributed by atoms with Crippen LogP contribution in [0.15, 0.2) is 17.0 Å². The minimum atomic E-state index is -0.348. The maximum absolute atomic E-state index is 12.7. The summed E-state index contributed by atoms with van der Waals surface area (Å²) in [4.78, 5) is 34.8. The van der Waals surface area contributed by atoms with Gasteiger partial charge in [0.2, 0.25) is 11.8 Å². The molecule has 0 bridgehead atoms. The highest BCUT2D eigenvalue weighted by atomic mass is 16.5. The summed E-state index contributed by atoms with van der Waals surface area (Å²) in [6.07, 6.45) is 3.85. The van der Waals surface area contributed by atoms with Crippen LogP contribution in [0.2, 0.25) is 0 Å². The van der Waals surface area contributed by atoms with E-state index in [1.54, 1.807) is 28.9 Å². The molecule has 2 atom stereocenters. The average Bonchev–Trinajstić information content (AvgIpc) is 3.23. The molecule has 1 fully saturated rings. The van der Waals surface area contributed by atoms with Gasteiger partial charge in [-0.3, -0.25) is 9.59 Å². The van der Waals surface area contributed by atoms with Crippen LogP contribution in [0.1, 0.15) is 34.5 Å². The zero-order valence-corrected chi connectivity index (χ0v) is 15.0. The summed E-state index contributed by atoms with van der Waals surface area (Å²) in [6, 6.07) is -0.348. The Morgan fingerprint density at radius 2 is 2.27 bits per heavy atom. The van der Waals surface area contributed by atoms with E-state index >= 15 is 0 Å². The SMILES string of the molecule is COCC(=O)N[C@@H]1CN(C(=O)c2cn(C)cn2)CC[C@@H]1c1nc(C)no1. The summed E-state index contributed by atoms with van der Waals surface area (Å²) in [5, 5.41) is 6.74. The molecule has 10 heteroatoms. The van der Waals surface area contributed by atoms with Crippen LogP contribution in [0, 0.1) is 6.92 Å². The van der Waals surface area contributed by atoms with Crippen molar-refractivity contribution in [1.29, 1.82) is 0 Å². The molecule has 1 aliphatic rings. The van der Waals surface area contributed by atoms with Gasteiger partial charge < -0.3 is 24.0 Å². The van der Waals surface area contributed by atoms with Gasteiger partial charge in [0.1, 0.15) is 12.3 Å². The van der Waals surface area contributed by atoms with Crippen molar-refractivity contribution in [3.8, 4) is 0 Å². The van der Waals surface area contributed by atoms with E-state index < -0.39 is 0 Å². The van der Waals surface area contributed by atoms with E-state index in [2.05, 4.69) is 20.4 Å². The second-order valence-electron chi connectivity index (χ2n) is 6.36. The second kappa shape index (κ2) is 7.65. The summed E-state index contributed by atoms with van der Waals surface area (Å²) in [6.45, 7) is 2.53. The summed E-state index contributed by atoms with van der Waals surface area (Å²) < 4.78 is 11.9. The van der Waals surface area contributed by atoms with Crippen LogP contribution in [0.3, 0.4) is 0 Å². The predicted molar refractivity (Wildman–Crippen MR) is 89.3 cm³/mol. The Bertz CT molecular complexity index is 785. The van der Waals surface area contributed by atoms with Crippen molar-refractivity contribution >= 4 is 11.8 Å². The number of nitrogens with one attached hydrogen (secondary N) is 1. The lowest BCUT2D eigenvalue weighted by Gasteiger charge is -2.37. The predicted octanol–water partition coefficient (Wildman–Crippen LogP) is -0.128. The second-order valence-corrected chi connectivity index (χ2v) is 6.36. The first-order chi connectivity index (χ1) is 12.5. The molecule has 1 N–H and O–H groups in total. The summed E-state index contributed by atoms with van der Waals surface area (Å²) in [5.41, 5.74) is 0.376. The Morgan fingerprint density at radius 1 is 1.46 bits per heavy atom. The number of methoxy groups -OCH3 is 1. The number of ether oxygens (including phenoxy) is 1. The highest BCUT2D eigenvalue weighted by molar-refractivity contribution is 5.92. The quantitative estimate of drug-likeness (QED) is 0.788. The minimum Gasteiger partial charge on any atom is -0.375 e. The number of aryl methyl sites for hydroxylation is 2. The van der Waals surface area contributed by atoms with Gasteiger partial charge >= 0.3 is 0 Å². The third kappa shape index (κ3) is 3.90. The number of likely N-dealkylation sites (tertiary alicyclic amines) is 1. The third-order valence-electron chi connectivity index (χ3n) is 4.31. The van der Waals surface area contributed by atoms with Gasteiger partial charge in [0, 0.05) is 33.4 Å².